The monoisotopic (exact) mass is 776 g/mol. The van der Waals surface area contributed by atoms with E-state index >= 15 is 0 Å². The van der Waals surface area contributed by atoms with Crippen molar-refractivity contribution in [2.75, 3.05) is 6.61 Å². The zero-order valence-electron chi connectivity index (χ0n) is 36.8. The lowest BCUT2D eigenvalue weighted by Gasteiger charge is -2.24. The number of ether oxygens (including phenoxy) is 1. The summed E-state index contributed by atoms with van der Waals surface area (Å²) in [6.45, 7) is 6.44. The molecule has 0 fully saturated rings. The minimum absolute atomic E-state index is 0.0568. The van der Waals surface area contributed by atoms with Gasteiger partial charge in [0.15, 0.2) is 0 Å². The number of carbonyl (C=O) groups excluding carboxylic acids is 2. The second-order valence-corrected chi connectivity index (χ2v) is 16.5. The number of carbonyl (C=O) groups is 2. The van der Waals surface area contributed by atoms with E-state index in [1.54, 1.807) is 0 Å². The van der Waals surface area contributed by atoms with Crippen LogP contribution in [0.3, 0.4) is 0 Å². The second-order valence-electron chi connectivity index (χ2n) is 16.5. The lowest BCUT2D eigenvalue weighted by atomic mass is 10.0. The molecule has 0 spiro atoms. The first-order valence-electron chi connectivity index (χ1n) is 24.1. The Bertz CT molecular complexity index is 873. The fraction of sp³-hybridized carbons (Fsp3) is 0.878. The summed E-state index contributed by atoms with van der Waals surface area (Å²) in [5.74, 6) is -0.507. The molecule has 6 nitrogen and oxygen atoms in total. The van der Waals surface area contributed by atoms with Crippen molar-refractivity contribution >= 4 is 11.9 Å². The third kappa shape index (κ3) is 39.0. The smallest absolute Gasteiger partial charge is 0.306 e. The summed E-state index contributed by atoms with van der Waals surface area (Å²) >= 11 is 0. The number of amides is 1. The predicted octanol–water partition coefficient (Wildman–Crippen LogP) is 14.0. The summed E-state index contributed by atoms with van der Waals surface area (Å²) in [5, 5.41) is 23.7. The first-order valence-corrected chi connectivity index (χ1v) is 24.1. The predicted molar refractivity (Wildman–Crippen MR) is 236 cm³/mol. The van der Waals surface area contributed by atoms with Gasteiger partial charge in [-0.3, -0.25) is 9.59 Å². The lowest BCUT2D eigenvalue weighted by molar-refractivity contribution is -0.151. The number of rotatable bonds is 43. The first-order chi connectivity index (χ1) is 27.0. The molecule has 0 aliphatic carbocycles. The molecule has 0 aromatic carbocycles. The number of aliphatic hydroxyl groups is 2. The molecule has 0 aromatic heterocycles. The Morgan fingerprint density at radius 2 is 0.891 bits per heavy atom. The van der Waals surface area contributed by atoms with Gasteiger partial charge >= 0.3 is 5.97 Å². The normalized spacial score (nSPS) is 13.5. The fourth-order valence-corrected chi connectivity index (χ4v) is 7.31. The molecule has 0 saturated carbocycles. The van der Waals surface area contributed by atoms with E-state index in [0.29, 0.717) is 19.3 Å². The molecule has 0 rings (SSSR count). The van der Waals surface area contributed by atoms with Crippen molar-refractivity contribution in [3.8, 4) is 0 Å². The highest BCUT2D eigenvalue weighted by Crippen LogP contribution is 2.17. The highest BCUT2D eigenvalue weighted by atomic mass is 16.5. The molecule has 3 atom stereocenters. The summed E-state index contributed by atoms with van der Waals surface area (Å²) in [6, 6.07) is -0.706. The van der Waals surface area contributed by atoms with Gasteiger partial charge in [-0.25, -0.2) is 0 Å². The molecule has 0 aliphatic rings. The first kappa shape index (κ1) is 53.3. The number of hydrogen-bond donors (Lipinski definition) is 3. The van der Waals surface area contributed by atoms with Crippen molar-refractivity contribution in [3.05, 3.63) is 24.3 Å². The maximum absolute atomic E-state index is 13.1. The van der Waals surface area contributed by atoms with Crippen LogP contribution in [-0.4, -0.2) is 46.9 Å². The largest absolute Gasteiger partial charge is 0.462 e. The molecule has 3 unspecified atom stereocenters. The van der Waals surface area contributed by atoms with Crippen LogP contribution in [0, 0.1) is 0 Å². The van der Waals surface area contributed by atoms with Crippen molar-refractivity contribution < 1.29 is 24.5 Å². The van der Waals surface area contributed by atoms with Gasteiger partial charge in [0.2, 0.25) is 5.91 Å². The van der Waals surface area contributed by atoms with Crippen molar-refractivity contribution in [3.63, 3.8) is 0 Å². The minimum atomic E-state index is -0.790. The van der Waals surface area contributed by atoms with Gasteiger partial charge in [-0.15, -0.1) is 0 Å². The van der Waals surface area contributed by atoms with E-state index in [1.807, 2.05) is 0 Å². The number of hydrogen-bond acceptors (Lipinski definition) is 5. The molecule has 0 saturated heterocycles. The van der Waals surface area contributed by atoms with Crippen LogP contribution in [0.25, 0.3) is 0 Å². The molecule has 0 radical (unpaired) electrons. The fourth-order valence-electron chi connectivity index (χ4n) is 7.31. The van der Waals surface area contributed by atoms with Crippen molar-refractivity contribution in [2.45, 2.75) is 270 Å². The van der Waals surface area contributed by atoms with E-state index in [2.05, 4.69) is 50.4 Å². The topological polar surface area (TPSA) is 95.9 Å². The van der Waals surface area contributed by atoms with Crippen LogP contribution in [0.15, 0.2) is 24.3 Å². The Hall–Kier alpha value is -1.66. The molecule has 0 heterocycles. The van der Waals surface area contributed by atoms with Crippen molar-refractivity contribution in [1.82, 2.24) is 5.32 Å². The van der Waals surface area contributed by atoms with Crippen LogP contribution in [0.5, 0.6) is 0 Å². The second kappa shape index (κ2) is 43.5. The van der Waals surface area contributed by atoms with Crippen LogP contribution in [0.1, 0.15) is 252 Å². The number of nitrogens with one attached hydrogen (secondary N) is 1. The average molecular weight is 776 g/mol. The third-order valence-corrected chi connectivity index (χ3v) is 11.0. The van der Waals surface area contributed by atoms with Gasteiger partial charge in [-0.05, 0) is 70.6 Å². The molecule has 0 aromatic rings. The number of unbranched alkanes of at least 4 members (excludes halogenated alkanes) is 27. The van der Waals surface area contributed by atoms with E-state index in [0.717, 1.165) is 64.2 Å². The number of aliphatic hydroxyl groups excluding tert-OH is 2. The van der Waals surface area contributed by atoms with Crippen LogP contribution < -0.4 is 5.32 Å². The summed E-state index contributed by atoms with van der Waals surface area (Å²) in [4.78, 5) is 26.0. The van der Waals surface area contributed by atoms with E-state index in [4.69, 9.17) is 4.74 Å². The van der Waals surface area contributed by atoms with Gasteiger partial charge in [0.1, 0.15) is 6.10 Å². The van der Waals surface area contributed by atoms with Gasteiger partial charge in [-0.1, -0.05) is 193 Å². The molecule has 6 heteroatoms. The summed E-state index contributed by atoms with van der Waals surface area (Å²) in [6.07, 6.45) is 48.1. The Kier molecular flexibility index (Phi) is 42.2. The van der Waals surface area contributed by atoms with Crippen LogP contribution in [0.2, 0.25) is 0 Å². The molecular weight excluding hydrogens is 683 g/mol. The van der Waals surface area contributed by atoms with Gasteiger partial charge in [0, 0.05) is 6.42 Å². The molecule has 324 valence electrons. The molecule has 1 amide bonds. The molecular formula is C49H93NO5. The standard InChI is InChI=1S/C49H93NO5/c1-4-7-10-13-16-19-22-25-28-31-34-37-40-45(55-49(54)42-39-36-33-30-27-24-21-18-15-12-9-6-3)43-48(53)50-46(44-51)47(52)41-38-35-32-29-26-23-20-17-14-11-8-5-2/h18,21,28,31,45-47,51-52H,4-17,19-20,22-27,29-30,32-44H2,1-3H3,(H,50,53)/b21-18-,31-28-. The lowest BCUT2D eigenvalue weighted by Crippen LogP contribution is -2.46. The van der Waals surface area contributed by atoms with E-state index in [1.165, 1.54) is 141 Å². The molecule has 0 bridgehead atoms. The number of esters is 1. The Labute approximate surface area is 341 Å². The maximum Gasteiger partial charge on any atom is 0.306 e. The average Bonchev–Trinajstić information content (AvgIpc) is 3.18. The zero-order valence-corrected chi connectivity index (χ0v) is 36.8. The quantitative estimate of drug-likeness (QED) is 0.0326. The SMILES string of the molecule is CCCCC/C=C\CCCCCCCC(=O)OC(CCC/C=C\CCCCCCCCC)CC(=O)NC(CO)C(O)CCCCCCCCCCCCCC. The highest BCUT2D eigenvalue weighted by Gasteiger charge is 2.24. The highest BCUT2D eigenvalue weighted by molar-refractivity contribution is 5.77. The van der Waals surface area contributed by atoms with E-state index < -0.39 is 18.2 Å². The summed E-state index contributed by atoms with van der Waals surface area (Å²) in [5.41, 5.74) is 0. The third-order valence-electron chi connectivity index (χ3n) is 11.0. The maximum atomic E-state index is 13.1. The van der Waals surface area contributed by atoms with Crippen molar-refractivity contribution in [1.29, 1.82) is 0 Å². The van der Waals surface area contributed by atoms with Crippen molar-refractivity contribution in [2.24, 2.45) is 0 Å². The Balaban J connectivity index is 4.61. The van der Waals surface area contributed by atoms with Gasteiger partial charge < -0.3 is 20.3 Å². The molecule has 3 N–H and O–H groups in total. The van der Waals surface area contributed by atoms with E-state index in [9.17, 15) is 19.8 Å². The van der Waals surface area contributed by atoms with Crippen LogP contribution in [-0.2, 0) is 14.3 Å². The summed E-state index contributed by atoms with van der Waals surface area (Å²) in [7, 11) is 0. The Morgan fingerprint density at radius 3 is 1.36 bits per heavy atom. The Morgan fingerprint density at radius 1 is 0.509 bits per heavy atom. The van der Waals surface area contributed by atoms with E-state index in [-0.39, 0.29) is 24.9 Å². The molecule has 0 aliphatic heterocycles. The zero-order chi connectivity index (χ0) is 40.3. The minimum Gasteiger partial charge on any atom is -0.462 e. The van der Waals surface area contributed by atoms with Crippen LogP contribution >= 0.6 is 0 Å². The van der Waals surface area contributed by atoms with Gasteiger partial charge in [-0.2, -0.15) is 0 Å². The molecule has 55 heavy (non-hydrogen) atoms. The van der Waals surface area contributed by atoms with Gasteiger partial charge in [0.05, 0.1) is 25.2 Å². The number of allylic oxidation sites excluding steroid dienone is 4. The van der Waals surface area contributed by atoms with Gasteiger partial charge in [0.25, 0.3) is 0 Å². The van der Waals surface area contributed by atoms with Crippen LogP contribution in [0.4, 0.5) is 0 Å². The summed E-state index contributed by atoms with van der Waals surface area (Å²) < 4.78 is 5.89.